The van der Waals surface area contributed by atoms with E-state index in [1.165, 1.54) is 30.2 Å². The highest BCUT2D eigenvalue weighted by molar-refractivity contribution is 5.73. The van der Waals surface area contributed by atoms with Gasteiger partial charge in [0.1, 0.15) is 11.6 Å². The van der Waals surface area contributed by atoms with Crippen molar-refractivity contribution in [2.75, 3.05) is 25.0 Å². The van der Waals surface area contributed by atoms with Gasteiger partial charge in [-0.15, -0.1) is 0 Å². The zero-order chi connectivity index (χ0) is 26.0. The molecule has 2 aromatic rings. The first-order valence-corrected chi connectivity index (χ1v) is 12.3. The van der Waals surface area contributed by atoms with E-state index in [-0.39, 0.29) is 29.8 Å². The molecule has 3 N–H and O–H groups in total. The maximum Gasteiger partial charge on any atom is 0.217 e. The summed E-state index contributed by atoms with van der Waals surface area (Å²) in [6.45, 7) is 11.2. The fraction of sp³-hybridized carbons (Fsp3) is 0.536. The summed E-state index contributed by atoms with van der Waals surface area (Å²) in [4.78, 5) is 14.1. The maximum atomic E-state index is 13.7. The van der Waals surface area contributed by atoms with Gasteiger partial charge in [0.15, 0.2) is 0 Å². The van der Waals surface area contributed by atoms with Crippen molar-refractivity contribution in [1.82, 2.24) is 10.6 Å². The molecule has 35 heavy (non-hydrogen) atoms. The largest absolute Gasteiger partial charge is 0.390 e. The van der Waals surface area contributed by atoms with Crippen molar-refractivity contribution in [2.24, 2.45) is 5.41 Å². The van der Waals surface area contributed by atoms with Gasteiger partial charge in [-0.3, -0.25) is 4.79 Å². The Morgan fingerprint density at radius 3 is 2.40 bits per heavy atom. The number of hydrogen-bond donors (Lipinski definition) is 3. The minimum atomic E-state index is -0.956. The highest BCUT2D eigenvalue weighted by Gasteiger charge is 2.35. The van der Waals surface area contributed by atoms with Crippen molar-refractivity contribution in [2.45, 2.75) is 71.6 Å². The summed E-state index contributed by atoms with van der Waals surface area (Å²) < 4.78 is 27.4. The zero-order valence-corrected chi connectivity index (χ0v) is 21.7. The second-order valence-corrected chi connectivity index (χ2v) is 11.3. The highest BCUT2D eigenvalue weighted by atomic mass is 19.1. The van der Waals surface area contributed by atoms with Crippen LogP contribution in [0.15, 0.2) is 36.4 Å². The molecule has 3 unspecified atom stereocenters. The lowest BCUT2D eigenvalue weighted by molar-refractivity contribution is -0.120. The lowest BCUT2D eigenvalue weighted by Crippen LogP contribution is -2.53. The molecule has 0 bridgehead atoms. The summed E-state index contributed by atoms with van der Waals surface area (Å²) in [5.41, 5.74) is 3.78. The van der Waals surface area contributed by atoms with Crippen molar-refractivity contribution in [3.63, 3.8) is 0 Å². The molecule has 3 atom stereocenters. The quantitative estimate of drug-likeness (QED) is 0.519. The van der Waals surface area contributed by atoms with Crippen LogP contribution in [0.25, 0.3) is 0 Å². The van der Waals surface area contributed by atoms with Gasteiger partial charge in [-0.2, -0.15) is 0 Å². The summed E-state index contributed by atoms with van der Waals surface area (Å²) in [5, 5.41) is 17.3. The van der Waals surface area contributed by atoms with E-state index in [0.717, 1.165) is 31.1 Å². The van der Waals surface area contributed by atoms with Gasteiger partial charge in [0.2, 0.25) is 5.91 Å². The van der Waals surface area contributed by atoms with Crippen LogP contribution >= 0.6 is 0 Å². The molecule has 3 rings (SSSR count). The Morgan fingerprint density at radius 1 is 1.14 bits per heavy atom. The second kappa shape index (κ2) is 10.6. The number of hydrogen-bond acceptors (Lipinski definition) is 4. The highest BCUT2D eigenvalue weighted by Crippen LogP contribution is 2.39. The van der Waals surface area contributed by atoms with Crippen LogP contribution in [0.5, 0.6) is 0 Å². The minimum Gasteiger partial charge on any atom is -0.390 e. The molecule has 0 saturated carbocycles. The first kappa shape index (κ1) is 27.1. The Hall–Kier alpha value is -2.51. The van der Waals surface area contributed by atoms with Gasteiger partial charge in [-0.1, -0.05) is 32.9 Å². The van der Waals surface area contributed by atoms with Gasteiger partial charge in [0, 0.05) is 44.4 Å². The fourth-order valence-corrected chi connectivity index (χ4v) is 4.91. The summed E-state index contributed by atoms with van der Waals surface area (Å²) >= 11 is 0. The molecule has 0 radical (unpaired) electrons. The summed E-state index contributed by atoms with van der Waals surface area (Å²) in [5.74, 6) is -1.68. The molecule has 1 aliphatic rings. The number of amides is 1. The molecule has 0 fully saturated rings. The zero-order valence-electron chi connectivity index (χ0n) is 21.7. The van der Waals surface area contributed by atoms with E-state index in [1.807, 2.05) is 0 Å². The van der Waals surface area contributed by atoms with Gasteiger partial charge in [-0.25, -0.2) is 8.78 Å². The van der Waals surface area contributed by atoms with Crippen molar-refractivity contribution in [3.8, 4) is 0 Å². The van der Waals surface area contributed by atoms with Gasteiger partial charge in [-0.05, 0) is 66.5 Å². The molecular formula is C28H39F2N3O2. The Balaban J connectivity index is 1.80. The monoisotopic (exact) mass is 487 g/mol. The molecule has 0 aromatic heterocycles. The summed E-state index contributed by atoms with van der Waals surface area (Å²) in [7, 11) is 2.08. The first-order chi connectivity index (χ1) is 16.3. The van der Waals surface area contributed by atoms with E-state index < -0.39 is 23.8 Å². The number of aliphatic hydroxyl groups is 1. The van der Waals surface area contributed by atoms with Crippen molar-refractivity contribution in [3.05, 3.63) is 64.7 Å². The SMILES string of the molecule is CC(=O)NC(Cc1cc(F)cc(F)c1)C(O)CNC1(C)CCN(C)c2ccc(CC(C)(C)C)cc21. The molecule has 7 heteroatoms. The smallest absolute Gasteiger partial charge is 0.217 e. The van der Waals surface area contributed by atoms with Crippen molar-refractivity contribution < 1.29 is 18.7 Å². The fourth-order valence-electron chi connectivity index (χ4n) is 4.91. The Kier molecular flexibility index (Phi) is 8.22. The molecule has 1 heterocycles. The number of carbonyl (C=O) groups is 1. The topological polar surface area (TPSA) is 64.6 Å². The van der Waals surface area contributed by atoms with Crippen molar-refractivity contribution >= 4 is 11.6 Å². The van der Waals surface area contributed by atoms with E-state index in [4.69, 9.17) is 0 Å². The van der Waals surface area contributed by atoms with E-state index in [2.05, 4.69) is 68.5 Å². The predicted molar refractivity (Wildman–Crippen MR) is 137 cm³/mol. The maximum absolute atomic E-state index is 13.7. The third-order valence-corrected chi connectivity index (χ3v) is 6.68. The van der Waals surface area contributed by atoms with Gasteiger partial charge in [0.05, 0.1) is 12.1 Å². The van der Waals surface area contributed by atoms with Crippen LogP contribution in [0.1, 0.15) is 57.7 Å². The molecular weight excluding hydrogens is 448 g/mol. The number of nitrogens with one attached hydrogen (secondary N) is 2. The van der Waals surface area contributed by atoms with Gasteiger partial charge < -0.3 is 20.6 Å². The first-order valence-electron chi connectivity index (χ1n) is 12.3. The van der Waals surface area contributed by atoms with E-state index in [0.29, 0.717) is 5.56 Å². The molecule has 1 amide bonds. The lowest BCUT2D eigenvalue weighted by atomic mass is 9.80. The predicted octanol–water partition coefficient (Wildman–Crippen LogP) is 4.31. The van der Waals surface area contributed by atoms with E-state index in [9.17, 15) is 18.7 Å². The summed E-state index contributed by atoms with van der Waals surface area (Å²) in [6.07, 6.45) is 0.963. The Morgan fingerprint density at radius 2 is 1.80 bits per heavy atom. The number of nitrogens with zero attached hydrogens (tertiary/aromatic N) is 1. The third-order valence-electron chi connectivity index (χ3n) is 6.68. The average molecular weight is 488 g/mol. The third kappa shape index (κ3) is 7.24. The Bertz CT molecular complexity index is 1030. The van der Waals surface area contributed by atoms with Crippen LogP contribution in [0.4, 0.5) is 14.5 Å². The normalized spacial score (nSPS) is 19.7. The van der Waals surface area contributed by atoms with Crippen LogP contribution < -0.4 is 15.5 Å². The van der Waals surface area contributed by atoms with Crippen molar-refractivity contribution in [1.29, 1.82) is 0 Å². The van der Waals surface area contributed by atoms with E-state index >= 15 is 0 Å². The number of halogens is 2. The molecule has 0 saturated heterocycles. The number of rotatable bonds is 8. The number of benzene rings is 2. The average Bonchev–Trinajstić information content (AvgIpc) is 2.72. The minimum absolute atomic E-state index is 0.114. The van der Waals surface area contributed by atoms with Crippen LogP contribution in [0.3, 0.4) is 0 Å². The molecule has 1 aliphatic heterocycles. The van der Waals surface area contributed by atoms with Gasteiger partial charge in [0.25, 0.3) is 0 Å². The number of aliphatic hydroxyl groups excluding tert-OH is 1. The van der Waals surface area contributed by atoms with Crippen LogP contribution in [0, 0.1) is 17.0 Å². The number of fused-ring (bicyclic) bond motifs is 1. The number of carbonyl (C=O) groups excluding carboxylic acids is 1. The summed E-state index contributed by atoms with van der Waals surface area (Å²) in [6, 6.07) is 9.18. The lowest BCUT2D eigenvalue weighted by Gasteiger charge is -2.42. The molecule has 5 nitrogen and oxygen atoms in total. The van der Waals surface area contributed by atoms with Crippen LogP contribution in [0.2, 0.25) is 0 Å². The molecule has 0 spiro atoms. The number of anilines is 1. The van der Waals surface area contributed by atoms with E-state index in [1.54, 1.807) is 0 Å². The second-order valence-electron chi connectivity index (χ2n) is 11.3. The van der Waals surface area contributed by atoms with Crippen LogP contribution in [-0.2, 0) is 23.2 Å². The van der Waals surface area contributed by atoms with Crippen LogP contribution in [-0.4, -0.2) is 43.3 Å². The Labute approximate surface area is 207 Å². The standard InChI is InChI=1S/C28H39F2N3O2/c1-18(34)32-24(14-20-11-21(29)15-22(30)12-20)26(35)17-31-28(5)9-10-33(6)25-8-7-19(13-23(25)28)16-27(2,3)4/h7-8,11-13,15,24,26,31,35H,9-10,14,16-17H2,1-6H3,(H,32,34). The molecule has 192 valence electrons. The van der Waals surface area contributed by atoms with Gasteiger partial charge >= 0.3 is 0 Å². The molecule has 2 aromatic carbocycles. The molecule has 0 aliphatic carbocycles.